The average molecular weight is 372 g/mol. The van der Waals surface area contributed by atoms with Gasteiger partial charge in [-0.25, -0.2) is 0 Å². The second-order valence-electron chi connectivity index (χ2n) is 6.33. The molecule has 1 amide bonds. The van der Waals surface area contributed by atoms with Crippen molar-refractivity contribution in [1.82, 2.24) is 20.3 Å². The number of nitrogens with two attached hydrogens (primary N) is 1. The Balaban J connectivity index is 2.03. The van der Waals surface area contributed by atoms with Crippen molar-refractivity contribution in [3.63, 3.8) is 0 Å². The van der Waals surface area contributed by atoms with Gasteiger partial charge in [-0.1, -0.05) is 29.8 Å². The van der Waals surface area contributed by atoms with Gasteiger partial charge in [-0.15, -0.1) is 0 Å². The zero-order valence-electron chi connectivity index (χ0n) is 15.9. The van der Waals surface area contributed by atoms with Crippen LogP contribution in [-0.4, -0.2) is 40.9 Å². The Morgan fingerprint density at radius 1 is 1.19 bits per heavy atom. The number of nitrogens with one attached hydrogen (secondary N) is 1. The molecule has 0 spiro atoms. The van der Waals surface area contributed by atoms with Crippen molar-refractivity contribution in [2.45, 2.75) is 32.9 Å². The molecule has 9 nitrogen and oxygen atoms in total. The molecule has 0 fully saturated rings. The lowest BCUT2D eigenvalue weighted by Crippen LogP contribution is -2.28. The molecule has 144 valence electrons. The van der Waals surface area contributed by atoms with Crippen molar-refractivity contribution >= 4 is 23.8 Å². The van der Waals surface area contributed by atoms with Gasteiger partial charge in [0.1, 0.15) is 0 Å². The Morgan fingerprint density at radius 2 is 1.85 bits per heavy atom. The van der Waals surface area contributed by atoms with E-state index in [0.29, 0.717) is 5.95 Å². The van der Waals surface area contributed by atoms with Crippen LogP contribution in [0.3, 0.4) is 0 Å². The van der Waals surface area contributed by atoms with Crippen molar-refractivity contribution < 1.29 is 14.3 Å². The second-order valence-corrected chi connectivity index (χ2v) is 6.33. The first-order valence-electron chi connectivity index (χ1n) is 8.41. The second kappa shape index (κ2) is 8.93. The standard InChI is InChI=1S/C18H24N6O3/c1-11-5-7-13(8-6-11)14(20-12(2)25)9-16(26)27-10-15-21-17(19)23-18(22-15)24(3)4/h5-8,14H,9-10H2,1-4H3,(H,20,25)(H2,19,21,22,23). The van der Waals surface area contributed by atoms with E-state index in [1.54, 1.807) is 19.0 Å². The number of nitrogens with zero attached hydrogens (tertiary/aromatic N) is 4. The van der Waals surface area contributed by atoms with Crippen LogP contribution in [0, 0.1) is 6.92 Å². The van der Waals surface area contributed by atoms with Crippen LogP contribution in [0.25, 0.3) is 0 Å². The topological polar surface area (TPSA) is 123 Å². The van der Waals surface area contributed by atoms with Gasteiger partial charge in [0.2, 0.25) is 17.8 Å². The SMILES string of the molecule is CC(=O)NC(CC(=O)OCc1nc(N)nc(N(C)C)n1)c1ccc(C)cc1. The van der Waals surface area contributed by atoms with E-state index in [1.165, 1.54) is 6.92 Å². The van der Waals surface area contributed by atoms with Crippen molar-refractivity contribution in [2.75, 3.05) is 24.7 Å². The van der Waals surface area contributed by atoms with Crippen LogP contribution >= 0.6 is 0 Å². The summed E-state index contributed by atoms with van der Waals surface area (Å²) in [6.45, 7) is 3.24. The minimum Gasteiger partial charge on any atom is -0.457 e. The number of carbonyl (C=O) groups excluding carboxylic acids is 2. The minimum absolute atomic E-state index is 0.0102. The number of amides is 1. The van der Waals surface area contributed by atoms with Crippen LogP contribution in [0.5, 0.6) is 0 Å². The normalized spacial score (nSPS) is 11.6. The van der Waals surface area contributed by atoms with Gasteiger partial charge in [0.05, 0.1) is 12.5 Å². The molecule has 2 rings (SSSR count). The molecular formula is C18H24N6O3. The van der Waals surface area contributed by atoms with Gasteiger partial charge in [0.15, 0.2) is 12.4 Å². The van der Waals surface area contributed by atoms with E-state index < -0.39 is 12.0 Å². The zero-order chi connectivity index (χ0) is 20.0. The highest BCUT2D eigenvalue weighted by molar-refractivity contribution is 5.76. The molecule has 1 aromatic carbocycles. The fourth-order valence-electron chi connectivity index (χ4n) is 2.36. The lowest BCUT2D eigenvalue weighted by Gasteiger charge is -2.18. The fraction of sp³-hybridized carbons (Fsp3) is 0.389. The number of aromatic nitrogens is 3. The first-order chi connectivity index (χ1) is 12.7. The van der Waals surface area contributed by atoms with Crippen molar-refractivity contribution in [3.8, 4) is 0 Å². The molecule has 0 radical (unpaired) electrons. The molecule has 0 saturated heterocycles. The molecule has 0 aliphatic carbocycles. The van der Waals surface area contributed by atoms with Gasteiger partial charge in [0, 0.05) is 21.0 Å². The number of ether oxygens (including phenoxy) is 1. The van der Waals surface area contributed by atoms with E-state index in [1.807, 2.05) is 31.2 Å². The molecule has 27 heavy (non-hydrogen) atoms. The number of hydrogen-bond acceptors (Lipinski definition) is 8. The first kappa shape index (κ1) is 20.1. The third-order valence-electron chi connectivity index (χ3n) is 3.68. The summed E-state index contributed by atoms with van der Waals surface area (Å²) in [7, 11) is 3.54. The smallest absolute Gasteiger partial charge is 0.308 e. The first-order valence-corrected chi connectivity index (χ1v) is 8.41. The van der Waals surface area contributed by atoms with Crippen LogP contribution in [0.15, 0.2) is 24.3 Å². The number of aryl methyl sites for hydroxylation is 1. The molecule has 3 N–H and O–H groups in total. The van der Waals surface area contributed by atoms with E-state index in [9.17, 15) is 9.59 Å². The summed E-state index contributed by atoms with van der Waals surface area (Å²) in [6, 6.07) is 7.12. The lowest BCUT2D eigenvalue weighted by atomic mass is 10.0. The summed E-state index contributed by atoms with van der Waals surface area (Å²) in [5.74, 6) is -0.0280. The molecule has 0 bridgehead atoms. The van der Waals surface area contributed by atoms with Crippen LogP contribution < -0.4 is 16.0 Å². The fourth-order valence-corrected chi connectivity index (χ4v) is 2.36. The number of hydrogen-bond donors (Lipinski definition) is 2. The molecule has 1 atom stereocenters. The van der Waals surface area contributed by atoms with Crippen molar-refractivity contribution in [1.29, 1.82) is 0 Å². The van der Waals surface area contributed by atoms with Gasteiger partial charge < -0.3 is 20.7 Å². The third-order valence-corrected chi connectivity index (χ3v) is 3.68. The maximum atomic E-state index is 12.3. The largest absolute Gasteiger partial charge is 0.457 e. The summed E-state index contributed by atoms with van der Waals surface area (Å²) < 4.78 is 5.26. The Hall–Kier alpha value is -3.23. The van der Waals surface area contributed by atoms with Crippen LogP contribution in [0.2, 0.25) is 0 Å². The van der Waals surface area contributed by atoms with E-state index >= 15 is 0 Å². The van der Waals surface area contributed by atoms with E-state index in [0.717, 1.165) is 11.1 Å². The Morgan fingerprint density at radius 3 is 2.44 bits per heavy atom. The van der Waals surface area contributed by atoms with E-state index in [-0.39, 0.29) is 30.7 Å². The summed E-state index contributed by atoms with van der Waals surface area (Å²) in [5, 5.41) is 2.77. The van der Waals surface area contributed by atoms with Gasteiger partial charge in [-0.05, 0) is 12.5 Å². The highest BCUT2D eigenvalue weighted by Gasteiger charge is 2.19. The van der Waals surface area contributed by atoms with Crippen molar-refractivity contribution in [3.05, 3.63) is 41.2 Å². The number of rotatable bonds is 7. The van der Waals surface area contributed by atoms with Crippen LogP contribution in [-0.2, 0) is 20.9 Å². The van der Waals surface area contributed by atoms with Gasteiger partial charge in [0.25, 0.3) is 0 Å². The summed E-state index contributed by atoms with van der Waals surface area (Å²) in [6.07, 6.45) is -0.0102. The van der Waals surface area contributed by atoms with Crippen LogP contribution in [0.1, 0.15) is 36.3 Å². The number of carbonyl (C=O) groups is 2. The molecule has 1 heterocycles. The summed E-state index contributed by atoms with van der Waals surface area (Å²) >= 11 is 0. The molecule has 0 aliphatic rings. The van der Waals surface area contributed by atoms with E-state index in [2.05, 4.69) is 20.3 Å². The Labute approximate surface area is 158 Å². The molecule has 2 aromatic rings. The Kier molecular flexibility index (Phi) is 6.64. The predicted octanol–water partition coefficient (Wildman–Crippen LogP) is 1.14. The molecule has 0 saturated carbocycles. The number of benzene rings is 1. The maximum absolute atomic E-state index is 12.3. The van der Waals surface area contributed by atoms with Crippen LogP contribution in [0.4, 0.5) is 11.9 Å². The number of nitrogen functional groups attached to an aromatic ring is 1. The highest BCUT2D eigenvalue weighted by Crippen LogP contribution is 2.18. The molecule has 1 unspecified atom stereocenters. The molecule has 9 heteroatoms. The quantitative estimate of drug-likeness (QED) is 0.694. The summed E-state index contributed by atoms with van der Waals surface area (Å²) in [5.41, 5.74) is 7.57. The average Bonchev–Trinajstić information content (AvgIpc) is 2.59. The van der Waals surface area contributed by atoms with E-state index in [4.69, 9.17) is 10.5 Å². The Bertz CT molecular complexity index is 807. The van der Waals surface area contributed by atoms with Gasteiger partial charge >= 0.3 is 5.97 Å². The highest BCUT2D eigenvalue weighted by atomic mass is 16.5. The number of esters is 1. The van der Waals surface area contributed by atoms with Gasteiger partial charge in [-0.3, -0.25) is 9.59 Å². The summed E-state index contributed by atoms with van der Waals surface area (Å²) in [4.78, 5) is 37.5. The van der Waals surface area contributed by atoms with Gasteiger partial charge in [-0.2, -0.15) is 15.0 Å². The third kappa shape index (κ3) is 6.21. The lowest BCUT2D eigenvalue weighted by molar-refractivity contribution is -0.146. The monoisotopic (exact) mass is 372 g/mol. The predicted molar refractivity (Wildman–Crippen MR) is 101 cm³/mol. The molecule has 1 aromatic heterocycles. The zero-order valence-corrected chi connectivity index (χ0v) is 15.9. The molecule has 0 aliphatic heterocycles. The molecular weight excluding hydrogens is 348 g/mol. The minimum atomic E-state index is -0.486. The maximum Gasteiger partial charge on any atom is 0.308 e. The number of anilines is 2. The van der Waals surface area contributed by atoms with Crippen molar-refractivity contribution in [2.24, 2.45) is 0 Å².